The van der Waals surface area contributed by atoms with Crippen LogP contribution >= 0.6 is 0 Å². The number of halogens is 3. The maximum atomic E-state index is 13.1. The van der Waals surface area contributed by atoms with Crippen LogP contribution in [0, 0.1) is 5.92 Å². The number of rotatable bonds is 5. The average Bonchev–Trinajstić information content (AvgIpc) is 3.31. The van der Waals surface area contributed by atoms with Gasteiger partial charge in [-0.1, -0.05) is 6.07 Å². The molecule has 1 saturated carbocycles. The molecule has 11 heteroatoms. The molecule has 0 bridgehead atoms. The van der Waals surface area contributed by atoms with E-state index in [1.54, 1.807) is 6.07 Å². The Balaban J connectivity index is 1.47. The Hall–Kier alpha value is -3.47. The lowest BCUT2D eigenvalue weighted by atomic mass is 9.87. The molecule has 1 N–H and O–H groups in total. The van der Waals surface area contributed by atoms with Gasteiger partial charge in [-0.2, -0.15) is 18.3 Å². The van der Waals surface area contributed by atoms with Crippen molar-refractivity contribution in [2.45, 2.75) is 37.9 Å². The molecule has 0 atom stereocenters. The smallest absolute Gasteiger partial charge is 0.378 e. The number of carbonyl (C=O) groups is 2. The standard InChI is InChI=1S/C25H26F3N5O3/c26-25(27,28)23-3-1-2-19(29-23)24(35)30-21-12-17-14-33(18-6-4-16(15-34)5-7-18)31-20(17)13-22(21)32-8-10-36-11-9-32/h1-3,12-16,18H,4-11H2,(H,30,35). The summed E-state index contributed by atoms with van der Waals surface area (Å²) >= 11 is 0. The molecule has 5 rings (SSSR count). The van der Waals surface area contributed by atoms with Gasteiger partial charge in [0.1, 0.15) is 17.7 Å². The van der Waals surface area contributed by atoms with E-state index in [4.69, 9.17) is 9.84 Å². The van der Waals surface area contributed by atoms with Crippen molar-refractivity contribution in [2.75, 3.05) is 36.5 Å². The van der Waals surface area contributed by atoms with Crippen molar-refractivity contribution in [3.8, 4) is 0 Å². The summed E-state index contributed by atoms with van der Waals surface area (Å²) in [5.41, 5.74) is 0.508. The number of ether oxygens (including phenoxy) is 1. The second kappa shape index (κ2) is 9.88. The third-order valence-electron chi connectivity index (χ3n) is 6.82. The first-order valence-corrected chi connectivity index (χ1v) is 12.0. The van der Waals surface area contributed by atoms with E-state index in [1.807, 2.05) is 16.9 Å². The van der Waals surface area contributed by atoms with Crippen LogP contribution in [-0.4, -0.2) is 53.3 Å². The molecule has 1 aliphatic heterocycles. The van der Waals surface area contributed by atoms with Crippen molar-refractivity contribution in [3.63, 3.8) is 0 Å². The fraction of sp³-hybridized carbons (Fsp3) is 0.440. The highest BCUT2D eigenvalue weighted by Gasteiger charge is 2.33. The lowest BCUT2D eigenvalue weighted by molar-refractivity contribution is -0.141. The van der Waals surface area contributed by atoms with E-state index < -0.39 is 17.8 Å². The molecule has 0 radical (unpaired) electrons. The van der Waals surface area contributed by atoms with Crippen LogP contribution in [0.1, 0.15) is 47.9 Å². The zero-order valence-electron chi connectivity index (χ0n) is 19.5. The highest BCUT2D eigenvalue weighted by molar-refractivity contribution is 6.06. The molecular weight excluding hydrogens is 475 g/mol. The number of pyridine rings is 1. The van der Waals surface area contributed by atoms with Crippen LogP contribution in [0.15, 0.2) is 36.5 Å². The lowest BCUT2D eigenvalue weighted by Crippen LogP contribution is -2.36. The van der Waals surface area contributed by atoms with E-state index in [1.165, 1.54) is 12.1 Å². The number of morpholine rings is 1. The fourth-order valence-corrected chi connectivity index (χ4v) is 4.84. The molecule has 1 aromatic carbocycles. The van der Waals surface area contributed by atoms with Crippen LogP contribution in [0.4, 0.5) is 24.5 Å². The predicted octanol–water partition coefficient (Wildman–Crippen LogP) is 4.47. The van der Waals surface area contributed by atoms with Crippen LogP contribution < -0.4 is 10.2 Å². The van der Waals surface area contributed by atoms with Crippen molar-refractivity contribution in [3.05, 3.63) is 47.9 Å². The lowest BCUT2D eigenvalue weighted by Gasteiger charge is -2.30. The number of hydrogen-bond donors (Lipinski definition) is 1. The quantitative estimate of drug-likeness (QED) is 0.519. The van der Waals surface area contributed by atoms with Gasteiger partial charge in [-0.3, -0.25) is 9.48 Å². The van der Waals surface area contributed by atoms with E-state index in [-0.39, 0.29) is 17.7 Å². The molecule has 0 unspecified atom stereocenters. The normalized spacial score (nSPS) is 20.9. The second-order valence-corrected chi connectivity index (χ2v) is 9.20. The maximum absolute atomic E-state index is 13.1. The summed E-state index contributed by atoms with van der Waals surface area (Å²) in [4.78, 5) is 29.6. The Morgan fingerprint density at radius 2 is 1.86 bits per heavy atom. The van der Waals surface area contributed by atoms with Gasteiger partial charge in [0.25, 0.3) is 5.91 Å². The van der Waals surface area contributed by atoms with Crippen LogP contribution in [0.25, 0.3) is 10.9 Å². The number of aromatic nitrogens is 3. The Morgan fingerprint density at radius 1 is 1.11 bits per heavy atom. The third kappa shape index (κ3) is 5.06. The number of amides is 1. The van der Waals surface area contributed by atoms with Gasteiger partial charge in [0.2, 0.25) is 0 Å². The molecule has 0 spiro atoms. The van der Waals surface area contributed by atoms with Crippen molar-refractivity contribution in [1.82, 2.24) is 14.8 Å². The van der Waals surface area contributed by atoms with Crippen LogP contribution in [0.5, 0.6) is 0 Å². The summed E-state index contributed by atoms with van der Waals surface area (Å²) in [6, 6.07) is 7.13. The summed E-state index contributed by atoms with van der Waals surface area (Å²) in [5, 5.41) is 8.35. The molecule has 2 aromatic heterocycles. The van der Waals surface area contributed by atoms with Gasteiger partial charge < -0.3 is 19.7 Å². The van der Waals surface area contributed by atoms with Crippen LogP contribution in [0.2, 0.25) is 0 Å². The number of anilines is 2. The molecule has 1 amide bonds. The van der Waals surface area contributed by atoms with E-state index in [0.717, 1.165) is 54.6 Å². The minimum Gasteiger partial charge on any atom is -0.378 e. The van der Waals surface area contributed by atoms with Gasteiger partial charge in [-0.15, -0.1) is 0 Å². The molecular formula is C25H26F3N5O3. The molecule has 36 heavy (non-hydrogen) atoms. The number of hydrogen-bond acceptors (Lipinski definition) is 6. The molecule has 2 aliphatic rings. The van der Waals surface area contributed by atoms with Gasteiger partial charge in [-0.05, 0) is 49.9 Å². The summed E-state index contributed by atoms with van der Waals surface area (Å²) in [6.45, 7) is 2.25. The molecule has 190 valence electrons. The third-order valence-corrected chi connectivity index (χ3v) is 6.82. The second-order valence-electron chi connectivity index (χ2n) is 9.20. The first kappa shape index (κ1) is 24.2. The fourth-order valence-electron chi connectivity index (χ4n) is 4.84. The van der Waals surface area contributed by atoms with Crippen molar-refractivity contribution < 1.29 is 27.5 Å². The summed E-state index contributed by atoms with van der Waals surface area (Å²) < 4.78 is 46.7. The Kier molecular flexibility index (Phi) is 6.65. The van der Waals surface area contributed by atoms with Crippen molar-refractivity contribution in [2.24, 2.45) is 5.92 Å². The number of nitrogens with one attached hydrogen (secondary N) is 1. The van der Waals surface area contributed by atoms with Crippen LogP contribution in [0.3, 0.4) is 0 Å². The van der Waals surface area contributed by atoms with E-state index in [2.05, 4.69) is 15.2 Å². The first-order chi connectivity index (χ1) is 17.3. The summed E-state index contributed by atoms with van der Waals surface area (Å²) in [7, 11) is 0. The zero-order valence-corrected chi connectivity index (χ0v) is 19.5. The average molecular weight is 502 g/mol. The highest BCUT2D eigenvalue weighted by atomic mass is 19.4. The summed E-state index contributed by atoms with van der Waals surface area (Å²) in [5.74, 6) is -0.625. The Labute approximate surface area is 205 Å². The van der Waals surface area contributed by atoms with E-state index in [9.17, 15) is 22.8 Å². The Morgan fingerprint density at radius 3 is 2.56 bits per heavy atom. The SMILES string of the molecule is O=CC1CCC(n2cc3cc(NC(=O)c4cccc(C(F)(F)F)n4)c(N4CCOCC4)cc3n2)CC1. The number of aldehydes is 1. The number of fused-ring (bicyclic) bond motifs is 1. The van der Waals surface area contributed by atoms with E-state index >= 15 is 0 Å². The topological polar surface area (TPSA) is 89.4 Å². The van der Waals surface area contributed by atoms with Crippen LogP contribution in [-0.2, 0) is 15.7 Å². The van der Waals surface area contributed by atoms with Gasteiger partial charge in [0, 0.05) is 30.6 Å². The number of carbonyl (C=O) groups excluding carboxylic acids is 2. The maximum Gasteiger partial charge on any atom is 0.433 e. The van der Waals surface area contributed by atoms with Gasteiger partial charge in [-0.25, -0.2) is 4.98 Å². The predicted molar refractivity (Wildman–Crippen MR) is 127 cm³/mol. The Bertz CT molecular complexity index is 1260. The molecule has 3 heterocycles. The molecule has 3 aromatic rings. The van der Waals surface area contributed by atoms with Crippen molar-refractivity contribution in [1.29, 1.82) is 0 Å². The largest absolute Gasteiger partial charge is 0.433 e. The zero-order chi connectivity index (χ0) is 25.3. The number of benzene rings is 1. The summed E-state index contributed by atoms with van der Waals surface area (Å²) in [6.07, 6.45) is 1.68. The minimum absolute atomic E-state index is 0.102. The number of alkyl halides is 3. The highest BCUT2D eigenvalue weighted by Crippen LogP contribution is 2.35. The van der Waals surface area contributed by atoms with Crippen molar-refractivity contribution >= 4 is 34.5 Å². The number of nitrogens with zero attached hydrogens (tertiary/aromatic N) is 4. The first-order valence-electron chi connectivity index (χ1n) is 12.0. The van der Waals surface area contributed by atoms with Gasteiger partial charge >= 0.3 is 6.18 Å². The van der Waals surface area contributed by atoms with Gasteiger partial charge in [0.05, 0.1) is 36.1 Å². The molecule has 8 nitrogen and oxygen atoms in total. The minimum atomic E-state index is -4.65. The molecule has 1 aliphatic carbocycles. The van der Waals surface area contributed by atoms with Gasteiger partial charge in [0.15, 0.2) is 0 Å². The monoisotopic (exact) mass is 501 g/mol. The van der Waals surface area contributed by atoms with E-state index in [0.29, 0.717) is 32.0 Å². The molecule has 2 fully saturated rings. The molecule has 1 saturated heterocycles.